The standard InChI is InChI=1S/C46H71N3O6/c1-29(2)38-32(50)25-46(35(51)28-49(24-23-47-10)27-30-15-21-48-22-16-30)20-19-44(8)31(39(38)46)11-12-34-43(7)17-14-36(55-37(52)26-41(3,4)40(53)54)42(5,6)33(43)13-18-45(34,44)9/h15-16,21-22,29,31,33-36,47,51H,11-14,17-20,23-28H2,1-10H3,(H,53,54)/t31-,33+,34-,35?,36+,43+,44-,45-,46?/m1/s1. The van der Waals surface area contributed by atoms with E-state index in [9.17, 15) is 24.6 Å². The number of ether oxygens (including phenoxy) is 1. The Kier molecular flexibility index (Phi) is 11.4. The van der Waals surface area contributed by atoms with Crippen molar-refractivity contribution < 1.29 is 29.3 Å². The van der Waals surface area contributed by atoms with Gasteiger partial charge in [-0.05, 0) is 135 Å². The molecule has 5 aliphatic carbocycles. The molecular weight excluding hydrogens is 691 g/mol. The summed E-state index contributed by atoms with van der Waals surface area (Å²) in [7, 11) is 1.96. The van der Waals surface area contributed by atoms with Gasteiger partial charge in [-0.25, -0.2) is 0 Å². The summed E-state index contributed by atoms with van der Waals surface area (Å²) >= 11 is 0. The quantitative estimate of drug-likeness (QED) is 0.172. The van der Waals surface area contributed by atoms with Crippen LogP contribution >= 0.6 is 0 Å². The molecule has 0 spiro atoms. The van der Waals surface area contributed by atoms with E-state index in [2.05, 4.69) is 63.7 Å². The monoisotopic (exact) mass is 762 g/mol. The maximum absolute atomic E-state index is 14.2. The van der Waals surface area contributed by atoms with Gasteiger partial charge >= 0.3 is 11.9 Å². The van der Waals surface area contributed by atoms with Crippen molar-refractivity contribution in [2.24, 2.45) is 56.2 Å². The van der Waals surface area contributed by atoms with E-state index in [1.54, 1.807) is 13.8 Å². The molecule has 1 aromatic heterocycles. The number of pyridine rings is 1. The first-order valence-corrected chi connectivity index (χ1v) is 21.3. The fourth-order valence-corrected chi connectivity index (χ4v) is 13.6. The van der Waals surface area contributed by atoms with E-state index in [1.807, 2.05) is 31.6 Å². The Hall–Kier alpha value is -2.62. The van der Waals surface area contributed by atoms with E-state index >= 15 is 0 Å². The number of aromatic nitrogens is 1. The molecule has 0 bridgehead atoms. The summed E-state index contributed by atoms with van der Waals surface area (Å²) in [6.45, 7) is 22.6. The lowest BCUT2D eigenvalue weighted by molar-refractivity contribution is -0.235. The van der Waals surface area contributed by atoms with Crippen molar-refractivity contribution in [3.63, 3.8) is 0 Å². The lowest BCUT2D eigenvalue weighted by Crippen LogP contribution is -2.66. The second-order valence-corrected chi connectivity index (χ2v) is 20.8. The molecule has 55 heavy (non-hydrogen) atoms. The fraction of sp³-hybridized carbons (Fsp3) is 0.783. The topological polar surface area (TPSA) is 129 Å². The number of carbonyl (C=O) groups is 3. The van der Waals surface area contributed by atoms with Gasteiger partial charge in [-0.3, -0.25) is 24.3 Å². The molecule has 9 nitrogen and oxygen atoms in total. The second kappa shape index (κ2) is 15.0. The minimum absolute atomic E-state index is 0.0219. The number of fused-ring (bicyclic) bond motifs is 7. The van der Waals surface area contributed by atoms with Crippen LogP contribution in [0.5, 0.6) is 0 Å². The molecule has 2 unspecified atom stereocenters. The van der Waals surface area contributed by atoms with Gasteiger partial charge in [0.2, 0.25) is 0 Å². The summed E-state index contributed by atoms with van der Waals surface area (Å²) in [4.78, 5) is 45.7. The molecule has 3 N–H and O–H groups in total. The Morgan fingerprint density at radius 2 is 1.67 bits per heavy atom. The second-order valence-electron chi connectivity index (χ2n) is 20.8. The van der Waals surface area contributed by atoms with E-state index in [0.29, 0.717) is 24.8 Å². The van der Waals surface area contributed by atoms with Gasteiger partial charge in [0.05, 0.1) is 17.9 Å². The number of aliphatic hydroxyl groups excluding tert-OH is 1. The van der Waals surface area contributed by atoms with E-state index in [4.69, 9.17) is 4.74 Å². The average molecular weight is 762 g/mol. The molecule has 4 saturated carbocycles. The summed E-state index contributed by atoms with van der Waals surface area (Å²) in [6, 6.07) is 4.09. The summed E-state index contributed by atoms with van der Waals surface area (Å²) < 4.78 is 6.19. The molecule has 9 atom stereocenters. The lowest BCUT2D eigenvalue weighted by atomic mass is 9.33. The van der Waals surface area contributed by atoms with Gasteiger partial charge in [-0.1, -0.05) is 54.0 Å². The molecule has 6 rings (SSSR count). The van der Waals surface area contributed by atoms with Crippen LogP contribution in [0, 0.1) is 56.2 Å². The number of likely N-dealkylation sites (N-methyl/N-ethyl adjacent to an activating group) is 1. The van der Waals surface area contributed by atoms with Crippen molar-refractivity contribution in [2.75, 3.05) is 26.7 Å². The van der Waals surface area contributed by atoms with Crippen LogP contribution in [0.3, 0.4) is 0 Å². The number of allylic oxidation sites excluding steroid dienone is 1. The number of carboxylic acids is 1. The Bertz CT molecular complexity index is 1660. The molecule has 0 radical (unpaired) electrons. The van der Waals surface area contributed by atoms with Crippen LogP contribution in [0.4, 0.5) is 0 Å². The van der Waals surface area contributed by atoms with Crippen molar-refractivity contribution in [3.8, 4) is 0 Å². The van der Waals surface area contributed by atoms with E-state index in [1.165, 1.54) is 11.1 Å². The van der Waals surface area contributed by atoms with Gasteiger partial charge in [0, 0.05) is 55.8 Å². The van der Waals surface area contributed by atoms with Gasteiger partial charge in [0.1, 0.15) is 6.10 Å². The first-order valence-electron chi connectivity index (χ1n) is 21.3. The molecule has 0 aromatic carbocycles. The van der Waals surface area contributed by atoms with Crippen LogP contribution in [0.25, 0.3) is 0 Å². The van der Waals surface area contributed by atoms with Crippen LogP contribution in [0.1, 0.15) is 132 Å². The Morgan fingerprint density at radius 3 is 2.31 bits per heavy atom. The fourth-order valence-electron chi connectivity index (χ4n) is 13.6. The van der Waals surface area contributed by atoms with Gasteiger partial charge in [-0.2, -0.15) is 0 Å². The van der Waals surface area contributed by atoms with Crippen LogP contribution in [0.15, 0.2) is 35.7 Å². The molecule has 5 aliphatic rings. The van der Waals surface area contributed by atoms with Crippen LogP contribution < -0.4 is 5.32 Å². The average Bonchev–Trinajstić information content (AvgIpc) is 3.42. The third kappa shape index (κ3) is 6.94. The number of rotatable bonds is 13. The maximum atomic E-state index is 14.2. The lowest BCUT2D eigenvalue weighted by Gasteiger charge is -2.72. The zero-order valence-corrected chi connectivity index (χ0v) is 35.6. The SMILES string of the molecule is CNCCN(Cc1ccncc1)CC(O)C12CC[C@]3(C)[C@H](CC[C@@H]4[C@@]5(C)CC[C@H](OC(=O)CC(C)(C)C(=O)O)C(C)(C)[C@@H]5CC[C@]43C)C1=C(C(C)C)C(=O)C2. The van der Waals surface area contributed by atoms with Gasteiger partial charge in [0.25, 0.3) is 0 Å². The van der Waals surface area contributed by atoms with E-state index in [-0.39, 0.29) is 51.8 Å². The number of ketones is 1. The minimum Gasteiger partial charge on any atom is -0.481 e. The number of carbonyl (C=O) groups excluding carboxylic acids is 2. The highest BCUT2D eigenvalue weighted by Crippen LogP contribution is 2.77. The van der Waals surface area contributed by atoms with Crippen molar-refractivity contribution in [2.45, 2.75) is 145 Å². The molecule has 306 valence electrons. The maximum Gasteiger partial charge on any atom is 0.309 e. The Morgan fingerprint density at radius 1 is 0.982 bits per heavy atom. The van der Waals surface area contributed by atoms with Crippen LogP contribution in [0.2, 0.25) is 0 Å². The third-order valence-electron chi connectivity index (χ3n) is 16.8. The highest BCUT2D eigenvalue weighted by molar-refractivity contribution is 6.00. The normalized spacial score (nSPS) is 36.2. The minimum atomic E-state index is -1.17. The summed E-state index contributed by atoms with van der Waals surface area (Å²) in [5.41, 5.74) is 1.60. The number of aliphatic hydroxyl groups is 1. The third-order valence-corrected chi connectivity index (χ3v) is 16.8. The summed E-state index contributed by atoms with van der Waals surface area (Å²) in [6.07, 6.45) is 10.8. The molecule has 0 saturated heterocycles. The number of aliphatic carboxylic acids is 1. The number of hydrogen-bond donors (Lipinski definition) is 3. The predicted molar refractivity (Wildman–Crippen MR) is 215 cm³/mol. The Balaban J connectivity index is 1.28. The van der Waals surface area contributed by atoms with Crippen molar-refractivity contribution >= 4 is 17.7 Å². The van der Waals surface area contributed by atoms with E-state index in [0.717, 1.165) is 76.6 Å². The molecule has 1 aromatic rings. The van der Waals surface area contributed by atoms with Gasteiger partial charge in [-0.15, -0.1) is 0 Å². The van der Waals surface area contributed by atoms with Crippen molar-refractivity contribution in [3.05, 3.63) is 41.2 Å². The molecular formula is C46H71N3O6. The number of carboxylic acid groups (broad SMARTS) is 1. The number of nitrogens with one attached hydrogen (secondary N) is 1. The van der Waals surface area contributed by atoms with Crippen LogP contribution in [-0.4, -0.2) is 76.7 Å². The molecule has 1 heterocycles. The summed E-state index contributed by atoms with van der Waals surface area (Å²) in [5, 5.41) is 25.5. The smallest absolute Gasteiger partial charge is 0.309 e. The highest BCUT2D eigenvalue weighted by atomic mass is 16.5. The first kappa shape index (κ1) is 42.0. The van der Waals surface area contributed by atoms with Gasteiger partial charge in [0.15, 0.2) is 5.78 Å². The van der Waals surface area contributed by atoms with Crippen molar-refractivity contribution in [1.29, 1.82) is 0 Å². The molecule has 9 heteroatoms. The first-order chi connectivity index (χ1) is 25.7. The van der Waals surface area contributed by atoms with Gasteiger partial charge < -0.3 is 20.3 Å². The number of esters is 1. The number of nitrogens with zero attached hydrogens (tertiary/aromatic N) is 2. The molecule has 4 fully saturated rings. The number of hydrogen-bond acceptors (Lipinski definition) is 8. The van der Waals surface area contributed by atoms with Crippen LogP contribution in [-0.2, 0) is 25.7 Å². The van der Waals surface area contributed by atoms with E-state index < -0.39 is 28.9 Å². The zero-order valence-electron chi connectivity index (χ0n) is 35.6. The zero-order chi connectivity index (χ0) is 40.4. The number of Topliss-reactive ketones (excluding diaryl/α,β-unsaturated/α-hetero) is 1. The molecule has 0 aliphatic heterocycles. The predicted octanol–water partition coefficient (Wildman–Crippen LogP) is 7.86. The van der Waals surface area contributed by atoms with Crippen molar-refractivity contribution in [1.82, 2.24) is 15.2 Å². The molecule has 0 amide bonds. The summed E-state index contributed by atoms with van der Waals surface area (Å²) in [5.74, 6) is 0.0359. The Labute approximate surface area is 330 Å². The highest BCUT2D eigenvalue weighted by Gasteiger charge is 2.71. The largest absolute Gasteiger partial charge is 0.481 e.